The van der Waals surface area contributed by atoms with Crippen LogP contribution in [0, 0.1) is 11.3 Å². The van der Waals surface area contributed by atoms with Gasteiger partial charge in [0.1, 0.15) is 6.07 Å². The first-order chi connectivity index (χ1) is 8.19. The first kappa shape index (κ1) is 13.2. The van der Waals surface area contributed by atoms with Gasteiger partial charge in [0.25, 0.3) is 0 Å². The number of nitrogens with one attached hydrogen (secondary N) is 1. The number of hydrogen-bond acceptors (Lipinski definition) is 3. The maximum atomic E-state index is 8.74. The molecule has 0 heterocycles. The van der Waals surface area contributed by atoms with E-state index in [4.69, 9.17) is 28.3 Å². The fraction of sp³-hybridized carbons (Fsp3) is 0.167. The van der Waals surface area contributed by atoms with Crippen LogP contribution in [0.3, 0.4) is 0 Å². The zero-order chi connectivity index (χ0) is 12.7. The predicted octanol–water partition coefficient (Wildman–Crippen LogP) is -0.379. The van der Waals surface area contributed by atoms with Gasteiger partial charge in [-0.3, -0.25) is 0 Å². The molecule has 0 fully saturated rings. The van der Waals surface area contributed by atoms with Gasteiger partial charge in [-0.1, -0.05) is 17.7 Å². The van der Waals surface area contributed by atoms with E-state index >= 15 is 0 Å². The standard InChI is InChI=1S/C12H13ClN4/c13-11-7-9(1-2-10(11)8-15)12(16)3-5-17-6-4-14/h1-3,5,7H,4,6,14,16H2/p+1/b12-3-,17-5?. The van der Waals surface area contributed by atoms with Gasteiger partial charge >= 0.3 is 0 Å². The summed E-state index contributed by atoms with van der Waals surface area (Å²) in [5, 5.41) is 9.14. The van der Waals surface area contributed by atoms with Crippen molar-refractivity contribution in [3.8, 4) is 6.07 Å². The minimum absolute atomic E-state index is 0.399. The van der Waals surface area contributed by atoms with Gasteiger partial charge in [-0.15, -0.1) is 0 Å². The van der Waals surface area contributed by atoms with Gasteiger partial charge in [-0.05, 0) is 17.7 Å². The van der Waals surface area contributed by atoms with Gasteiger partial charge in [-0.2, -0.15) is 5.26 Å². The van der Waals surface area contributed by atoms with Crippen LogP contribution < -0.4 is 16.5 Å². The molecule has 0 atom stereocenters. The fourth-order valence-electron chi connectivity index (χ4n) is 1.20. The number of halogens is 1. The lowest BCUT2D eigenvalue weighted by Gasteiger charge is -2.01. The highest BCUT2D eigenvalue weighted by Crippen LogP contribution is 2.19. The lowest BCUT2D eigenvalue weighted by atomic mass is 10.1. The van der Waals surface area contributed by atoms with E-state index in [2.05, 4.69) is 4.99 Å². The normalized spacial score (nSPS) is 11.7. The van der Waals surface area contributed by atoms with E-state index < -0.39 is 0 Å². The first-order valence-electron chi connectivity index (χ1n) is 5.11. The molecule has 0 saturated heterocycles. The third-order valence-electron chi connectivity index (χ3n) is 2.09. The van der Waals surface area contributed by atoms with Crippen molar-refractivity contribution in [2.75, 3.05) is 13.1 Å². The SMILES string of the molecule is N#Cc1ccc(/C(N)=C/C=[NH+]CCN)cc1Cl. The lowest BCUT2D eigenvalue weighted by molar-refractivity contribution is -0.447. The van der Waals surface area contributed by atoms with Crippen LogP contribution in [0.4, 0.5) is 0 Å². The van der Waals surface area contributed by atoms with Crippen molar-refractivity contribution in [2.24, 2.45) is 11.5 Å². The molecule has 0 spiro atoms. The van der Waals surface area contributed by atoms with E-state index in [1.807, 2.05) is 6.07 Å². The van der Waals surface area contributed by atoms with E-state index in [-0.39, 0.29) is 0 Å². The van der Waals surface area contributed by atoms with Crippen LogP contribution in [0.25, 0.3) is 5.70 Å². The van der Waals surface area contributed by atoms with Gasteiger partial charge in [0.15, 0.2) is 12.8 Å². The molecular formula is C12H14ClN4+. The molecule has 5 heteroatoms. The van der Waals surface area contributed by atoms with Gasteiger partial charge in [0.05, 0.1) is 17.1 Å². The summed E-state index contributed by atoms with van der Waals surface area (Å²) in [5.41, 5.74) is 13.0. The van der Waals surface area contributed by atoms with E-state index in [0.29, 0.717) is 29.4 Å². The highest BCUT2D eigenvalue weighted by atomic mass is 35.5. The van der Waals surface area contributed by atoms with Crippen molar-refractivity contribution in [3.05, 3.63) is 40.4 Å². The maximum absolute atomic E-state index is 8.74. The third kappa shape index (κ3) is 3.91. The molecule has 5 N–H and O–H groups in total. The van der Waals surface area contributed by atoms with Crippen molar-refractivity contribution in [1.82, 2.24) is 0 Å². The van der Waals surface area contributed by atoms with Crippen LogP contribution in [0.2, 0.25) is 5.02 Å². The Hall–Kier alpha value is -1.83. The van der Waals surface area contributed by atoms with Crippen molar-refractivity contribution in [1.29, 1.82) is 5.26 Å². The molecule has 1 aromatic carbocycles. The summed E-state index contributed by atoms with van der Waals surface area (Å²) in [6.07, 6.45) is 3.46. The maximum Gasteiger partial charge on any atom is 0.163 e. The molecule has 1 rings (SSSR count). The summed E-state index contributed by atoms with van der Waals surface area (Å²) in [6, 6.07) is 7.07. The molecule has 0 radical (unpaired) electrons. The van der Waals surface area contributed by atoms with Crippen LogP contribution in [0.15, 0.2) is 24.3 Å². The molecule has 0 bridgehead atoms. The topological polar surface area (TPSA) is 89.8 Å². The number of nitriles is 1. The van der Waals surface area contributed by atoms with E-state index in [1.54, 1.807) is 30.5 Å². The Morgan fingerprint density at radius 3 is 2.88 bits per heavy atom. The Kier molecular flexibility index (Phi) is 5.21. The number of hydrogen-bond donors (Lipinski definition) is 3. The predicted molar refractivity (Wildman–Crippen MR) is 69.3 cm³/mol. The Morgan fingerprint density at radius 1 is 1.53 bits per heavy atom. The minimum atomic E-state index is 0.399. The monoisotopic (exact) mass is 249 g/mol. The molecule has 88 valence electrons. The molecule has 17 heavy (non-hydrogen) atoms. The van der Waals surface area contributed by atoms with Crippen molar-refractivity contribution >= 4 is 23.5 Å². The van der Waals surface area contributed by atoms with Gasteiger partial charge < -0.3 is 11.5 Å². The zero-order valence-corrected chi connectivity index (χ0v) is 10.0. The lowest BCUT2D eigenvalue weighted by Crippen LogP contribution is -2.70. The summed E-state index contributed by atoms with van der Waals surface area (Å²) in [6.45, 7) is 1.25. The molecule has 0 unspecified atom stereocenters. The molecule has 4 nitrogen and oxygen atoms in total. The van der Waals surface area contributed by atoms with Crippen LogP contribution in [0.5, 0.6) is 0 Å². The van der Waals surface area contributed by atoms with Gasteiger partial charge in [0, 0.05) is 11.8 Å². The molecule has 0 amide bonds. The molecular weight excluding hydrogens is 236 g/mol. The van der Waals surface area contributed by atoms with E-state index in [9.17, 15) is 0 Å². The number of rotatable bonds is 4. The minimum Gasteiger partial charge on any atom is -0.398 e. The smallest absolute Gasteiger partial charge is 0.163 e. The summed E-state index contributed by atoms with van der Waals surface area (Å²) < 4.78 is 0. The molecule has 1 aromatic rings. The van der Waals surface area contributed by atoms with E-state index in [1.165, 1.54) is 0 Å². The Labute approximate surface area is 105 Å². The third-order valence-corrected chi connectivity index (χ3v) is 2.40. The second-order valence-corrected chi connectivity index (χ2v) is 3.75. The van der Waals surface area contributed by atoms with Crippen LogP contribution in [-0.2, 0) is 0 Å². The van der Waals surface area contributed by atoms with Crippen LogP contribution in [-0.4, -0.2) is 19.3 Å². The Morgan fingerprint density at radius 2 is 2.29 bits per heavy atom. The number of benzene rings is 1. The molecule has 0 saturated carbocycles. The van der Waals surface area contributed by atoms with E-state index in [0.717, 1.165) is 5.56 Å². The molecule has 0 aliphatic carbocycles. The molecule has 0 aliphatic heterocycles. The fourth-order valence-corrected chi connectivity index (χ4v) is 1.42. The second kappa shape index (κ2) is 6.69. The van der Waals surface area contributed by atoms with Crippen molar-refractivity contribution in [3.63, 3.8) is 0 Å². The summed E-state index contributed by atoms with van der Waals surface area (Å²) >= 11 is 5.91. The Bertz CT molecular complexity index is 486. The summed E-state index contributed by atoms with van der Waals surface area (Å²) in [7, 11) is 0. The zero-order valence-electron chi connectivity index (χ0n) is 9.28. The van der Waals surface area contributed by atoms with Gasteiger partial charge in [0.2, 0.25) is 0 Å². The van der Waals surface area contributed by atoms with Crippen LogP contribution in [0.1, 0.15) is 11.1 Å². The van der Waals surface area contributed by atoms with Crippen LogP contribution >= 0.6 is 11.6 Å². The first-order valence-corrected chi connectivity index (χ1v) is 5.49. The average Bonchev–Trinajstić information content (AvgIpc) is 2.34. The largest absolute Gasteiger partial charge is 0.398 e. The summed E-state index contributed by atoms with van der Waals surface area (Å²) in [4.78, 5) is 2.98. The molecule has 0 aliphatic rings. The van der Waals surface area contributed by atoms with Crippen molar-refractivity contribution < 1.29 is 4.99 Å². The second-order valence-electron chi connectivity index (χ2n) is 3.34. The number of allylic oxidation sites excluding steroid dienone is 1. The average molecular weight is 250 g/mol. The van der Waals surface area contributed by atoms with Crippen molar-refractivity contribution in [2.45, 2.75) is 0 Å². The number of nitrogens with two attached hydrogens (primary N) is 2. The highest BCUT2D eigenvalue weighted by Gasteiger charge is 2.02. The number of nitrogens with zero attached hydrogens (tertiary/aromatic N) is 1. The molecule has 0 aromatic heterocycles. The van der Waals surface area contributed by atoms with Gasteiger partial charge in [-0.25, -0.2) is 4.99 Å². The Balaban J connectivity index is 2.86. The highest BCUT2D eigenvalue weighted by molar-refractivity contribution is 6.31. The summed E-state index contributed by atoms with van der Waals surface area (Å²) in [5.74, 6) is 0. The quantitative estimate of drug-likeness (QED) is 0.636.